The zero-order valence-electron chi connectivity index (χ0n) is 15.5. The van der Waals surface area contributed by atoms with Crippen molar-refractivity contribution < 1.29 is 4.79 Å². The van der Waals surface area contributed by atoms with E-state index in [4.69, 9.17) is 5.73 Å². The second kappa shape index (κ2) is 7.37. The van der Waals surface area contributed by atoms with Gasteiger partial charge in [0.2, 0.25) is 5.91 Å². The first-order valence-electron chi connectivity index (χ1n) is 9.43. The molecule has 0 aromatic heterocycles. The van der Waals surface area contributed by atoms with E-state index in [0.29, 0.717) is 11.6 Å². The molecule has 4 rings (SSSR count). The highest BCUT2D eigenvalue weighted by molar-refractivity contribution is 5.93. The van der Waals surface area contributed by atoms with Crippen LogP contribution in [0.4, 0.5) is 0 Å². The molecule has 3 N–H and O–H groups in total. The van der Waals surface area contributed by atoms with Gasteiger partial charge in [0.15, 0.2) is 0 Å². The molecule has 0 fully saturated rings. The molecule has 0 saturated carbocycles. The van der Waals surface area contributed by atoms with E-state index >= 15 is 0 Å². The van der Waals surface area contributed by atoms with Crippen LogP contribution in [0.1, 0.15) is 45.1 Å². The second-order valence-corrected chi connectivity index (χ2v) is 7.26. The molecule has 3 aromatic rings. The van der Waals surface area contributed by atoms with Gasteiger partial charge in [-0.05, 0) is 65.3 Å². The first-order chi connectivity index (χ1) is 13.1. The summed E-state index contributed by atoms with van der Waals surface area (Å²) in [5.41, 5.74) is 13.4. The lowest BCUT2D eigenvalue weighted by Crippen LogP contribution is -2.18. The monoisotopic (exact) mass is 356 g/mol. The molecule has 3 nitrogen and oxygen atoms in total. The molecule has 136 valence electrons. The van der Waals surface area contributed by atoms with Crippen LogP contribution in [0.3, 0.4) is 0 Å². The average molecular weight is 356 g/mol. The summed E-state index contributed by atoms with van der Waals surface area (Å²) >= 11 is 0. The molecule has 3 aromatic carbocycles. The van der Waals surface area contributed by atoms with E-state index in [1.54, 1.807) is 6.07 Å². The summed E-state index contributed by atoms with van der Waals surface area (Å²) in [7, 11) is 0. The summed E-state index contributed by atoms with van der Waals surface area (Å²) in [6, 6.07) is 23.4. The summed E-state index contributed by atoms with van der Waals surface area (Å²) in [6.07, 6.45) is 2.33. The van der Waals surface area contributed by atoms with Crippen molar-refractivity contribution in [2.45, 2.75) is 32.4 Å². The maximum absolute atomic E-state index is 11.3. The van der Waals surface area contributed by atoms with E-state index in [1.165, 1.54) is 23.1 Å². The lowest BCUT2D eigenvalue weighted by molar-refractivity contribution is 0.1000. The fourth-order valence-electron chi connectivity index (χ4n) is 3.95. The molecule has 0 radical (unpaired) electrons. The molecule has 0 spiro atoms. The Kier molecular flexibility index (Phi) is 4.78. The van der Waals surface area contributed by atoms with Gasteiger partial charge in [-0.25, -0.2) is 0 Å². The number of hydrogen-bond acceptors (Lipinski definition) is 2. The zero-order valence-corrected chi connectivity index (χ0v) is 15.5. The summed E-state index contributed by atoms with van der Waals surface area (Å²) in [6.45, 7) is 2.87. The highest BCUT2D eigenvalue weighted by Gasteiger charge is 2.20. The Morgan fingerprint density at radius 3 is 2.59 bits per heavy atom. The van der Waals surface area contributed by atoms with Gasteiger partial charge in [-0.15, -0.1) is 0 Å². The topological polar surface area (TPSA) is 55.1 Å². The van der Waals surface area contributed by atoms with Crippen LogP contribution >= 0.6 is 0 Å². The van der Waals surface area contributed by atoms with Crippen molar-refractivity contribution >= 4 is 5.91 Å². The summed E-state index contributed by atoms with van der Waals surface area (Å²) in [5.74, 6) is -0.389. The number of amides is 1. The van der Waals surface area contributed by atoms with E-state index < -0.39 is 0 Å². The largest absolute Gasteiger partial charge is 0.366 e. The van der Waals surface area contributed by atoms with E-state index in [-0.39, 0.29) is 5.91 Å². The minimum Gasteiger partial charge on any atom is -0.366 e. The fraction of sp³-hybridized carbons (Fsp3) is 0.208. The quantitative estimate of drug-likeness (QED) is 0.705. The lowest BCUT2D eigenvalue weighted by Gasteiger charge is -2.14. The third-order valence-corrected chi connectivity index (χ3v) is 5.46. The molecule has 0 heterocycles. The molecule has 1 atom stereocenters. The molecule has 0 saturated heterocycles. The Bertz CT molecular complexity index is 976. The molecule has 0 bridgehead atoms. The smallest absolute Gasteiger partial charge is 0.248 e. The molecule has 1 amide bonds. The maximum atomic E-state index is 11.3. The van der Waals surface area contributed by atoms with Crippen molar-refractivity contribution in [2.24, 2.45) is 5.73 Å². The van der Waals surface area contributed by atoms with Crippen molar-refractivity contribution in [1.82, 2.24) is 5.32 Å². The number of nitrogens with two attached hydrogens (primary N) is 1. The Hall–Kier alpha value is -2.91. The second-order valence-electron chi connectivity index (χ2n) is 7.26. The first kappa shape index (κ1) is 17.5. The SMILES string of the molecule is Cc1cc(C(N)=O)ccc1-c1ccc(CN[C@@H]2CCc3ccccc32)cc1. The number of carbonyl (C=O) groups excluding carboxylic acids is 1. The average Bonchev–Trinajstić information content (AvgIpc) is 3.10. The number of primary amides is 1. The van der Waals surface area contributed by atoms with Crippen molar-refractivity contribution in [1.29, 1.82) is 0 Å². The van der Waals surface area contributed by atoms with E-state index in [0.717, 1.165) is 29.7 Å². The summed E-state index contributed by atoms with van der Waals surface area (Å²) < 4.78 is 0. The minimum atomic E-state index is -0.389. The van der Waals surface area contributed by atoms with Gasteiger partial charge in [-0.2, -0.15) is 0 Å². The zero-order chi connectivity index (χ0) is 18.8. The van der Waals surface area contributed by atoms with Crippen molar-refractivity contribution in [2.75, 3.05) is 0 Å². The Balaban J connectivity index is 1.45. The van der Waals surface area contributed by atoms with Gasteiger partial charge in [0, 0.05) is 18.2 Å². The molecule has 0 aliphatic heterocycles. The molecule has 1 aliphatic carbocycles. The molecule has 1 aliphatic rings. The van der Waals surface area contributed by atoms with E-state index in [2.05, 4.69) is 53.8 Å². The van der Waals surface area contributed by atoms with E-state index in [9.17, 15) is 4.79 Å². The molecular formula is C24H24N2O. The van der Waals surface area contributed by atoms with Crippen LogP contribution in [-0.2, 0) is 13.0 Å². The van der Waals surface area contributed by atoms with Crippen molar-refractivity contribution in [3.05, 3.63) is 94.5 Å². The van der Waals surface area contributed by atoms with Crippen LogP contribution in [0.5, 0.6) is 0 Å². The highest BCUT2D eigenvalue weighted by Crippen LogP contribution is 2.31. The Labute approximate surface area is 160 Å². The first-order valence-corrected chi connectivity index (χ1v) is 9.43. The standard InChI is InChI=1S/C24H24N2O/c1-16-14-20(24(25)27)10-12-21(16)19-8-6-17(7-9-19)15-26-23-13-11-18-4-2-3-5-22(18)23/h2-10,12,14,23,26H,11,13,15H2,1H3,(H2,25,27)/t23-/m1/s1. The third-order valence-electron chi connectivity index (χ3n) is 5.46. The van der Waals surface area contributed by atoms with Crippen LogP contribution in [0.2, 0.25) is 0 Å². The fourth-order valence-corrected chi connectivity index (χ4v) is 3.95. The molecular weight excluding hydrogens is 332 g/mol. The van der Waals surface area contributed by atoms with Crippen molar-refractivity contribution in [3.63, 3.8) is 0 Å². The normalized spacial score (nSPS) is 15.5. The maximum Gasteiger partial charge on any atom is 0.248 e. The van der Waals surface area contributed by atoms with Gasteiger partial charge in [0.05, 0.1) is 0 Å². The van der Waals surface area contributed by atoms with Crippen LogP contribution in [0.25, 0.3) is 11.1 Å². The number of nitrogens with one attached hydrogen (secondary N) is 1. The minimum absolute atomic E-state index is 0.389. The Morgan fingerprint density at radius 1 is 1.07 bits per heavy atom. The number of carbonyl (C=O) groups is 1. The van der Waals surface area contributed by atoms with Gasteiger partial charge >= 0.3 is 0 Å². The van der Waals surface area contributed by atoms with Gasteiger partial charge in [-0.3, -0.25) is 4.79 Å². The van der Waals surface area contributed by atoms with Gasteiger partial charge in [0.25, 0.3) is 0 Å². The summed E-state index contributed by atoms with van der Waals surface area (Å²) in [4.78, 5) is 11.3. The van der Waals surface area contributed by atoms with Crippen LogP contribution in [0, 0.1) is 6.92 Å². The number of benzene rings is 3. The highest BCUT2D eigenvalue weighted by atomic mass is 16.1. The number of fused-ring (bicyclic) bond motifs is 1. The predicted octanol–water partition coefficient (Wildman–Crippen LogP) is 4.54. The van der Waals surface area contributed by atoms with Crippen molar-refractivity contribution in [3.8, 4) is 11.1 Å². The molecule has 3 heteroatoms. The Morgan fingerprint density at radius 2 is 1.85 bits per heavy atom. The van der Waals surface area contributed by atoms with Gasteiger partial charge in [0.1, 0.15) is 0 Å². The van der Waals surface area contributed by atoms with Crippen LogP contribution < -0.4 is 11.1 Å². The predicted molar refractivity (Wildman–Crippen MR) is 109 cm³/mol. The molecule has 27 heavy (non-hydrogen) atoms. The number of aryl methyl sites for hydroxylation is 2. The number of hydrogen-bond donors (Lipinski definition) is 2. The van der Waals surface area contributed by atoms with Crippen LogP contribution in [-0.4, -0.2) is 5.91 Å². The van der Waals surface area contributed by atoms with Gasteiger partial charge in [-0.1, -0.05) is 54.6 Å². The van der Waals surface area contributed by atoms with Gasteiger partial charge < -0.3 is 11.1 Å². The third kappa shape index (κ3) is 3.64. The van der Waals surface area contributed by atoms with Crippen LogP contribution in [0.15, 0.2) is 66.7 Å². The lowest BCUT2D eigenvalue weighted by atomic mass is 9.97. The summed E-state index contributed by atoms with van der Waals surface area (Å²) in [5, 5.41) is 3.69. The molecule has 0 unspecified atom stereocenters. The van der Waals surface area contributed by atoms with E-state index in [1.807, 2.05) is 19.1 Å². The number of rotatable bonds is 5.